The Labute approximate surface area is 150 Å². The Hall–Kier alpha value is -2.28. The van der Waals surface area contributed by atoms with E-state index in [0.29, 0.717) is 29.6 Å². The summed E-state index contributed by atoms with van der Waals surface area (Å²) in [5.41, 5.74) is 1.77. The molecule has 7 heteroatoms. The monoisotopic (exact) mass is 359 g/mol. The number of nitrogens with zero attached hydrogens (tertiary/aromatic N) is 2. The number of benzene rings is 1. The molecule has 2 heterocycles. The predicted molar refractivity (Wildman–Crippen MR) is 97.3 cm³/mol. The van der Waals surface area contributed by atoms with Crippen LogP contribution >= 0.6 is 11.8 Å². The summed E-state index contributed by atoms with van der Waals surface area (Å²) in [6.45, 7) is 2.38. The molecule has 132 valence electrons. The van der Waals surface area contributed by atoms with Crippen molar-refractivity contribution in [3.8, 4) is 5.75 Å². The molecule has 3 rings (SSSR count). The van der Waals surface area contributed by atoms with E-state index in [1.165, 1.54) is 17.8 Å². The number of methoxy groups -OCH3 is 1. The lowest BCUT2D eigenvalue weighted by Crippen LogP contribution is -2.31. The number of nitrogens with one attached hydrogen (secondary N) is 1. The van der Waals surface area contributed by atoms with Crippen LogP contribution in [-0.4, -0.2) is 34.9 Å². The van der Waals surface area contributed by atoms with Crippen LogP contribution in [0.1, 0.15) is 23.7 Å². The van der Waals surface area contributed by atoms with Crippen LogP contribution in [0.25, 0.3) is 0 Å². The van der Waals surface area contributed by atoms with Gasteiger partial charge in [-0.2, -0.15) is 0 Å². The largest absolute Gasteiger partial charge is 0.497 e. The van der Waals surface area contributed by atoms with Crippen LogP contribution in [0.15, 0.2) is 40.3 Å². The van der Waals surface area contributed by atoms with Gasteiger partial charge in [-0.15, -0.1) is 0 Å². The van der Waals surface area contributed by atoms with Gasteiger partial charge in [0, 0.05) is 30.5 Å². The van der Waals surface area contributed by atoms with E-state index in [1.807, 2.05) is 31.2 Å². The molecule has 0 radical (unpaired) electrons. The van der Waals surface area contributed by atoms with Gasteiger partial charge in [0.2, 0.25) is 5.91 Å². The van der Waals surface area contributed by atoms with Crippen molar-refractivity contribution in [2.75, 3.05) is 19.4 Å². The van der Waals surface area contributed by atoms with E-state index < -0.39 is 0 Å². The van der Waals surface area contributed by atoms with Crippen LogP contribution < -0.4 is 15.6 Å². The quantitative estimate of drug-likeness (QED) is 0.798. The first kappa shape index (κ1) is 17.5. The van der Waals surface area contributed by atoms with Gasteiger partial charge in [-0.1, -0.05) is 23.9 Å². The van der Waals surface area contributed by atoms with Crippen LogP contribution in [0.3, 0.4) is 0 Å². The van der Waals surface area contributed by atoms with Crippen molar-refractivity contribution in [3.63, 3.8) is 0 Å². The lowest BCUT2D eigenvalue weighted by molar-refractivity contribution is -0.121. The van der Waals surface area contributed by atoms with E-state index in [1.54, 1.807) is 11.7 Å². The summed E-state index contributed by atoms with van der Waals surface area (Å²) in [7, 11) is 1.64. The second kappa shape index (κ2) is 7.74. The fourth-order valence-electron chi connectivity index (χ4n) is 2.84. The summed E-state index contributed by atoms with van der Waals surface area (Å²) in [5.74, 6) is 1.48. The SMILES string of the molecule is COc1ccc(CCNC(=O)CC2CSc3nc(C)cc(=O)n32)cc1. The minimum atomic E-state index is -0.124. The van der Waals surface area contributed by atoms with Gasteiger partial charge in [-0.05, 0) is 31.0 Å². The fourth-order valence-corrected chi connectivity index (χ4v) is 4.03. The normalized spacial score (nSPS) is 15.7. The van der Waals surface area contributed by atoms with E-state index >= 15 is 0 Å². The number of thioether (sulfide) groups is 1. The molecule has 1 aliphatic heterocycles. The molecule has 2 aromatic rings. The van der Waals surface area contributed by atoms with Gasteiger partial charge >= 0.3 is 0 Å². The van der Waals surface area contributed by atoms with Crippen LogP contribution in [0.2, 0.25) is 0 Å². The Morgan fingerprint density at radius 2 is 2.16 bits per heavy atom. The molecular weight excluding hydrogens is 338 g/mol. The first-order chi connectivity index (χ1) is 12.1. The molecular formula is C18H21N3O3S. The first-order valence-electron chi connectivity index (χ1n) is 8.19. The van der Waals surface area contributed by atoms with Crippen molar-refractivity contribution in [2.24, 2.45) is 0 Å². The van der Waals surface area contributed by atoms with Crippen molar-refractivity contribution in [2.45, 2.75) is 31.0 Å². The van der Waals surface area contributed by atoms with Crippen LogP contribution in [0.4, 0.5) is 0 Å². The van der Waals surface area contributed by atoms with E-state index in [2.05, 4.69) is 10.3 Å². The standard InChI is InChI=1S/C18H21N3O3S/c1-12-9-17(23)21-14(11-25-18(21)20-12)10-16(22)19-8-7-13-3-5-15(24-2)6-4-13/h3-6,9,14H,7-8,10-11H2,1-2H3,(H,19,22). The zero-order valence-corrected chi connectivity index (χ0v) is 15.1. The van der Waals surface area contributed by atoms with Gasteiger partial charge in [-0.25, -0.2) is 4.98 Å². The summed E-state index contributed by atoms with van der Waals surface area (Å²) in [6, 6.07) is 9.19. The molecule has 1 aromatic carbocycles. The highest BCUT2D eigenvalue weighted by molar-refractivity contribution is 7.99. The number of aromatic nitrogens is 2. The maximum absolute atomic E-state index is 12.2. The molecule has 1 unspecified atom stereocenters. The number of fused-ring (bicyclic) bond motifs is 1. The predicted octanol–water partition coefficient (Wildman–Crippen LogP) is 1.96. The summed E-state index contributed by atoms with van der Waals surface area (Å²) in [4.78, 5) is 28.7. The third-order valence-corrected chi connectivity index (χ3v) is 5.23. The van der Waals surface area contributed by atoms with Gasteiger partial charge < -0.3 is 10.1 Å². The van der Waals surface area contributed by atoms with E-state index in [0.717, 1.165) is 17.7 Å². The minimum Gasteiger partial charge on any atom is -0.497 e. The Kier molecular flexibility index (Phi) is 5.43. The van der Waals surface area contributed by atoms with E-state index in [4.69, 9.17) is 4.74 Å². The van der Waals surface area contributed by atoms with E-state index in [-0.39, 0.29) is 17.5 Å². The molecule has 0 aliphatic carbocycles. The third-order valence-electron chi connectivity index (χ3n) is 4.13. The van der Waals surface area contributed by atoms with E-state index in [9.17, 15) is 9.59 Å². The smallest absolute Gasteiger partial charge is 0.254 e. The maximum atomic E-state index is 12.2. The number of aryl methyl sites for hydroxylation is 1. The molecule has 6 nitrogen and oxygen atoms in total. The Bertz CT molecular complexity index is 817. The summed E-state index contributed by atoms with van der Waals surface area (Å²) < 4.78 is 6.77. The molecule has 1 N–H and O–H groups in total. The zero-order chi connectivity index (χ0) is 17.8. The maximum Gasteiger partial charge on any atom is 0.254 e. The number of amides is 1. The Morgan fingerprint density at radius 3 is 2.88 bits per heavy atom. The molecule has 1 aromatic heterocycles. The summed E-state index contributed by atoms with van der Waals surface area (Å²) in [6.07, 6.45) is 1.06. The number of rotatable bonds is 6. The lowest BCUT2D eigenvalue weighted by atomic mass is 10.1. The Balaban J connectivity index is 1.52. The highest BCUT2D eigenvalue weighted by Gasteiger charge is 2.27. The zero-order valence-electron chi connectivity index (χ0n) is 14.3. The summed E-state index contributed by atoms with van der Waals surface area (Å²) in [5, 5.41) is 3.64. The Morgan fingerprint density at radius 1 is 1.40 bits per heavy atom. The second-order valence-corrected chi connectivity index (χ2v) is 6.99. The fraction of sp³-hybridized carbons (Fsp3) is 0.389. The third kappa shape index (κ3) is 4.22. The van der Waals surface area contributed by atoms with Crippen LogP contribution in [-0.2, 0) is 11.2 Å². The molecule has 0 saturated carbocycles. The minimum absolute atomic E-state index is 0.0422. The van der Waals surface area contributed by atoms with Crippen molar-refractivity contribution in [1.29, 1.82) is 0 Å². The van der Waals surface area contributed by atoms with Crippen molar-refractivity contribution in [1.82, 2.24) is 14.9 Å². The first-order valence-corrected chi connectivity index (χ1v) is 9.18. The topological polar surface area (TPSA) is 73.2 Å². The molecule has 0 spiro atoms. The van der Waals surface area contributed by atoms with Crippen LogP contribution in [0, 0.1) is 6.92 Å². The average molecular weight is 359 g/mol. The van der Waals surface area contributed by atoms with Gasteiger partial charge in [0.15, 0.2) is 5.16 Å². The molecule has 0 saturated heterocycles. The van der Waals surface area contributed by atoms with Crippen molar-refractivity contribution < 1.29 is 9.53 Å². The molecule has 0 fully saturated rings. The highest BCUT2D eigenvalue weighted by atomic mass is 32.2. The molecule has 0 bridgehead atoms. The van der Waals surface area contributed by atoms with Crippen molar-refractivity contribution in [3.05, 3.63) is 51.9 Å². The molecule has 25 heavy (non-hydrogen) atoms. The molecule has 1 amide bonds. The number of hydrogen-bond acceptors (Lipinski definition) is 5. The number of carbonyl (C=O) groups excluding carboxylic acids is 1. The number of ether oxygens (including phenoxy) is 1. The van der Waals surface area contributed by atoms with Gasteiger partial charge in [-0.3, -0.25) is 14.2 Å². The number of hydrogen-bond donors (Lipinski definition) is 1. The average Bonchev–Trinajstić information content (AvgIpc) is 2.98. The van der Waals surface area contributed by atoms with Gasteiger partial charge in [0.25, 0.3) is 5.56 Å². The number of carbonyl (C=O) groups is 1. The lowest BCUT2D eigenvalue weighted by Gasteiger charge is -2.13. The van der Waals surface area contributed by atoms with Crippen LogP contribution in [0.5, 0.6) is 5.75 Å². The van der Waals surface area contributed by atoms with Crippen molar-refractivity contribution >= 4 is 17.7 Å². The van der Waals surface area contributed by atoms with Gasteiger partial charge in [0.1, 0.15) is 5.75 Å². The molecule has 1 atom stereocenters. The van der Waals surface area contributed by atoms with Gasteiger partial charge in [0.05, 0.1) is 13.2 Å². The molecule has 1 aliphatic rings. The second-order valence-electron chi connectivity index (χ2n) is 6.01. The highest BCUT2D eigenvalue weighted by Crippen LogP contribution is 2.31. The summed E-state index contributed by atoms with van der Waals surface area (Å²) >= 11 is 1.53.